The van der Waals surface area contributed by atoms with Gasteiger partial charge in [-0.15, -0.1) is 0 Å². The van der Waals surface area contributed by atoms with E-state index < -0.39 is 0 Å². The first kappa shape index (κ1) is 14.2. The average Bonchev–Trinajstić information content (AvgIpc) is 3.24. The molecule has 1 amide bonds. The maximum absolute atomic E-state index is 12.3. The number of nitrogens with zero attached hydrogens (tertiary/aromatic N) is 2. The number of amides is 1. The minimum atomic E-state index is 0.0531. The summed E-state index contributed by atoms with van der Waals surface area (Å²) in [6.07, 6.45) is 8.48. The highest BCUT2D eigenvalue weighted by atomic mass is 16.1. The van der Waals surface area contributed by atoms with E-state index in [0.29, 0.717) is 6.04 Å². The molecule has 0 saturated heterocycles. The zero-order valence-corrected chi connectivity index (χ0v) is 13.2. The maximum atomic E-state index is 12.3. The van der Waals surface area contributed by atoms with Crippen molar-refractivity contribution < 1.29 is 4.79 Å². The van der Waals surface area contributed by atoms with E-state index in [1.54, 1.807) is 0 Å². The van der Waals surface area contributed by atoms with Crippen LogP contribution in [0.3, 0.4) is 0 Å². The molecule has 1 N–H and O–H groups in total. The number of anilines is 1. The van der Waals surface area contributed by atoms with Crippen molar-refractivity contribution in [3.63, 3.8) is 0 Å². The van der Waals surface area contributed by atoms with Crippen molar-refractivity contribution in [1.82, 2.24) is 10.3 Å². The van der Waals surface area contributed by atoms with Crippen molar-refractivity contribution in [2.45, 2.75) is 44.8 Å². The fraction of sp³-hybridized carbons (Fsp3) is 0.368. The van der Waals surface area contributed by atoms with Gasteiger partial charge >= 0.3 is 0 Å². The molecule has 4 heteroatoms. The van der Waals surface area contributed by atoms with Gasteiger partial charge < -0.3 is 10.2 Å². The Kier molecular flexibility index (Phi) is 3.74. The minimum absolute atomic E-state index is 0.0531. The molecule has 1 saturated carbocycles. The van der Waals surface area contributed by atoms with Crippen molar-refractivity contribution in [3.05, 3.63) is 59.4 Å². The van der Waals surface area contributed by atoms with Gasteiger partial charge in [0, 0.05) is 42.8 Å². The van der Waals surface area contributed by atoms with E-state index in [4.69, 9.17) is 0 Å². The van der Waals surface area contributed by atoms with Crippen molar-refractivity contribution >= 4 is 11.6 Å². The molecule has 0 unspecified atom stereocenters. The van der Waals surface area contributed by atoms with E-state index in [9.17, 15) is 4.79 Å². The van der Waals surface area contributed by atoms with Crippen LogP contribution in [0.2, 0.25) is 0 Å². The molecule has 4 rings (SSSR count). The first-order valence-corrected chi connectivity index (χ1v) is 8.37. The zero-order chi connectivity index (χ0) is 15.6. The number of fused-ring (bicyclic) bond motifs is 1. The summed E-state index contributed by atoms with van der Waals surface area (Å²) in [7, 11) is 0. The van der Waals surface area contributed by atoms with Gasteiger partial charge in [0.15, 0.2) is 0 Å². The van der Waals surface area contributed by atoms with Gasteiger partial charge in [-0.3, -0.25) is 9.78 Å². The summed E-state index contributed by atoms with van der Waals surface area (Å²) < 4.78 is 0. The summed E-state index contributed by atoms with van der Waals surface area (Å²) in [4.78, 5) is 18.8. The number of benzene rings is 1. The largest absolute Gasteiger partial charge is 0.363 e. The minimum Gasteiger partial charge on any atom is -0.363 e. The van der Waals surface area contributed by atoms with E-state index >= 15 is 0 Å². The standard InChI is InChI=1S/C19H21N3O/c23-19(21-17-3-1-2-4-17)14-5-7-18(8-6-14)22-12-15-9-10-20-11-16(15)13-22/h5-11,17H,1-4,12-13H2,(H,21,23). The van der Waals surface area contributed by atoms with Gasteiger partial charge in [0.25, 0.3) is 5.91 Å². The number of hydrogen-bond donors (Lipinski definition) is 1. The summed E-state index contributed by atoms with van der Waals surface area (Å²) in [5.74, 6) is 0.0531. The fourth-order valence-electron chi connectivity index (χ4n) is 3.56. The molecule has 1 aromatic carbocycles. The molecule has 0 bridgehead atoms. The highest BCUT2D eigenvalue weighted by molar-refractivity contribution is 5.94. The molecule has 0 radical (unpaired) electrons. The van der Waals surface area contributed by atoms with Gasteiger partial charge in [0.2, 0.25) is 0 Å². The zero-order valence-electron chi connectivity index (χ0n) is 13.2. The monoisotopic (exact) mass is 307 g/mol. The smallest absolute Gasteiger partial charge is 0.251 e. The first-order valence-electron chi connectivity index (χ1n) is 8.37. The van der Waals surface area contributed by atoms with Crippen LogP contribution in [0, 0.1) is 0 Å². The number of hydrogen-bond acceptors (Lipinski definition) is 3. The molecule has 0 spiro atoms. The van der Waals surface area contributed by atoms with Crippen LogP contribution in [0.4, 0.5) is 5.69 Å². The highest BCUT2D eigenvalue weighted by Crippen LogP contribution is 2.27. The summed E-state index contributed by atoms with van der Waals surface area (Å²) in [6, 6.07) is 10.4. The molecular weight excluding hydrogens is 286 g/mol. The molecule has 4 nitrogen and oxygen atoms in total. The van der Waals surface area contributed by atoms with Gasteiger partial charge in [-0.05, 0) is 54.3 Å². The molecule has 118 valence electrons. The Morgan fingerprint density at radius 1 is 1.04 bits per heavy atom. The van der Waals surface area contributed by atoms with Crippen LogP contribution in [0.5, 0.6) is 0 Å². The molecule has 0 atom stereocenters. The molecule has 2 aromatic rings. The van der Waals surface area contributed by atoms with Crippen molar-refractivity contribution in [2.24, 2.45) is 0 Å². The Morgan fingerprint density at radius 2 is 1.78 bits per heavy atom. The second-order valence-electron chi connectivity index (χ2n) is 6.50. The summed E-state index contributed by atoms with van der Waals surface area (Å²) >= 11 is 0. The lowest BCUT2D eigenvalue weighted by molar-refractivity contribution is 0.0938. The van der Waals surface area contributed by atoms with Gasteiger partial charge in [0.05, 0.1) is 0 Å². The molecule has 1 fully saturated rings. The Labute approximate surface area is 136 Å². The highest BCUT2D eigenvalue weighted by Gasteiger charge is 2.20. The van der Waals surface area contributed by atoms with Gasteiger partial charge in [-0.1, -0.05) is 12.8 Å². The van der Waals surface area contributed by atoms with Crippen LogP contribution >= 0.6 is 0 Å². The predicted octanol–water partition coefficient (Wildman–Crippen LogP) is 3.27. The van der Waals surface area contributed by atoms with Crippen LogP contribution in [-0.2, 0) is 13.1 Å². The first-order chi connectivity index (χ1) is 11.3. The summed E-state index contributed by atoms with van der Waals surface area (Å²) in [5, 5.41) is 3.14. The predicted molar refractivity (Wildman–Crippen MR) is 90.3 cm³/mol. The topological polar surface area (TPSA) is 45.2 Å². The van der Waals surface area contributed by atoms with E-state index in [2.05, 4.69) is 21.3 Å². The lowest BCUT2D eigenvalue weighted by Crippen LogP contribution is -2.32. The second kappa shape index (κ2) is 6.03. The Bertz CT molecular complexity index is 680. The molecule has 1 aliphatic carbocycles. The van der Waals surface area contributed by atoms with E-state index in [-0.39, 0.29) is 5.91 Å². The quantitative estimate of drug-likeness (QED) is 0.946. The average molecular weight is 307 g/mol. The van der Waals surface area contributed by atoms with Crippen molar-refractivity contribution in [1.29, 1.82) is 0 Å². The van der Waals surface area contributed by atoms with Gasteiger partial charge in [-0.25, -0.2) is 0 Å². The summed E-state index contributed by atoms with van der Waals surface area (Å²) in [5.41, 5.74) is 4.52. The van der Waals surface area contributed by atoms with Crippen LogP contribution in [0.1, 0.15) is 47.2 Å². The SMILES string of the molecule is O=C(NC1CCCC1)c1ccc(N2Cc3ccncc3C2)cc1. The number of carbonyl (C=O) groups is 1. The van der Waals surface area contributed by atoms with Crippen LogP contribution in [0.15, 0.2) is 42.7 Å². The van der Waals surface area contributed by atoms with E-state index in [1.165, 1.54) is 24.0 Å². The molecule has 2 aliphatic rings. The van der Waals surface area contributed by atoms with Crippen molar-refractivity contribution in [2.75, 3.05) is 4.90 Å². The number of rotatable bonds is 3. The van der Waals surface area contributed by atoms with Crippen molar-refractivity contribution in [3.8, 4) is 0 Å². The fourth-order valence-corrected chi connectivity index (χ4v) is 3.56. The Hall–Kier alpha value is -2.36. The third-order valence-corrected chi connectivity index (χ3v) is 4.91. The van der Waals surface area contributed by atoms with Crippen LogP contribution in [-0.4, -0.2) is 16.9 Å². The maximum Gasteiger partial charge on any atom is 0.251 e. The number of carbonyl (C=O) groups excluding carboxylic acids is 1. The molecular formula is C19H21N3O. The molecule has 1 aromatic heterocycles. The third kappa shape index (κ3) is 2.93. The lowest BCUT2D eigenvalue weighted by Gasteiger charge is -2.18. The third-order valence-electron chi connectivity index (χ3n) is 4.91. The molecule has 2 heterocycles. The normalized spacial score (nSPS) is 17.3. The van der Waals surface area contributed by atoms with Crippen LogP contribution < -0.4 is 10.2 Å². The lowest BCUT2D eigenvalue weighted by atomic mass is 10.1. The Morgan fingerprint density at radius 3 is 2.52 bits per heavy atom. The Balaban J connectivity index is 1.43. The number of nitrogens with one attached hydrogen (secondary N) is 1. The molecule has 1 aliphatic heterocycles. The van der Waals surface area contributed by atoms with Crippen LogP contribution in [0.25, 0.3) is 0 Å². The summed E-state index contributed by atoms with van der Waals surface area (Å²) in [6.45, 7) is 1.79. The number of aromatic nitrogens is 1. The van der Waals surface area contributed by atoms with Gasteiger partial charge in [0.1, 0.15) is 0 Å². The van der Waals surface area contributed by atoms with E-state index in [0.717, 1.165) is 37.2 Å². The number of pyridine rings is 1. The van der Waals surface area contributed by atoms with E-state index in [1.807, 2.05) is 36.7 Å². The van der Waals surface area contributed by atoms with Gasteiger partial charge in [-0.2, -0.15) is 0 Å². The second-order valence-corrected chi connectivity index (χ2v) is 6.50. The molecule has 23 heavy (non-hydrogen) atoms.